The van der Waals surface area contributed by atoms with Crippen LogP contribution in [0, 0.1) is 0 Å². The molecule has 2 aliphatic rings. The zero-order valence-electron chi connectivity index (χ0n) is 33.5. The summed E-state index contributed by atoms with van der Waals surface area (Å²) in [5.41, 5.74) is 5.74. The van der Waals surface area contributed by atoms with Crippen molar-refractivity contribution in [2.45, 2.75) is 69.7 Å². The molecule has 0 spiro atoms. The SMILES string of the molecule is O=C(O)N1CCC(n2c(=O)[nH]c3ccccc32)CC1.O=C(O)N1CCC(n2c(=O)[nH]c3ccccc32)C[C@@H]1CCCN(Cc1ccccc1)Cc1cccc2ccccc12. The first-order chi connectivity index (χ1) is 29.2. The molecule has 0 bridgehead atoms. The average molecular weight is 810 g/mol. The van der Waals surface area contributed by atoms with Gasteiger partial charge in [0.05, 0.1) is 22.1 Å². The lowest BCUT2D eigenvalue weighted by atomic mass is 9.93. The van der Waals surface area contributed by atoms with Crippen LogP contribution in [0.2, 0.25) is 0 Å². The van der Waals surface area contributed by atoms with Crippen molar-refractivity contribution in [1.29, 1.82) is 0 Å². The average Bonchev–Trinajstić information content (AvgIpc) is 3.79. The second kappa shape index (κ2) is 18.1. The number of piperidine rings is 2. The Kier molecular flexibility index (Phi) is 12.1. The normalized spacial score (nSPS) is 17.3. The molecule has 310 valence electrons. The molecule has 0 saturated carbocycles. The van der Waals surface area contributed by atoms with E-state index in [0.29, 0.717) is 45.3 Å². The second-order valence-electron chi connectivity index (χ2n) is 15.9. The van der Waals surface area contributed by atoms with E-state index in [1.165, 1.54) is 26.8 Å². The third-order valence-corrected chi connectivity index (χ3v) is 12.2. The Bertz CT molecular complexity index is 2690. The molecule has 2 saturated heterocycles. The number of para-hydroxylation sites is 4. The number of aromatic nitrogens is 4. The van der Waals surface area contributed by atoms with Gasteiger partial charge < -0.3 is 30.0 Å². The third kappa shape index (κ3) is 8.86. The largest absolute Gasteiger partial charge is 0.465 e. The molecule has 2 amide bonds. The first-order valence-electron chi connectivity index (χ1n) is 20.8. The summed E-state index contributed by atoms with van der Waals surface area (Å²) in [5.74, 6) is 0. The molecule has 13 heteroatoms. The van der Waals surface area contributed by atoms with E-state index in [4.69, 9.17) is 5.11 Å². The molecule has 0 aliphatic carbocycles. The smallest absolute Gasteiger partial charge is 0.407 e. The number of hydrogen-bond donors (Lipinski definition) is 4. The molecular formula is C47H51N7O6. The van der Waals surface area contributed by atoms with Gasteiger partial charge >= 0.3 is 23.6 Å². The molecule has 13 nitrogen and oxygen atoms in total. The molecule has 1 unspecified atom stereocenters. The van der Waals surface area contributed by atoms with Crippen molar-refractivity contribution in [3.8, 4) is 0 Å². The first-order valence-corrected chi connectivity index (χ1v) is 20.8. The van der Waals surface area contributed by atoms with E-state index in [2.05, 4.69) is 81.6 Å². The van der Waals surface area contributed by atoms with Gasteiger partial charge in [-0.15, -0.1) is 0 Å². The van der Waals surface area contributed by atoms with Crippen LogP contribution in [0.15, 0.2) is 131 Å². The van der Waals surface area contributed by atoms with Gasteiger partial charge in [0, 0.05) is 50.8 Å². The van der Waals surface area contributed by atoms with Crippen LogP contribution in [0.1, 0.15) is 61.7 Å². The Balaban J connectivity index is 0.000000218. The summed E-state index contributed by atoms with van der Waals surface area (Å²) in [5, 5.41) is 21.4. The molecule has 5 aromatic carbocycles. The molecule has 2 atom stereocenters. The molecular weight excluding hydrogens is 759 g/mol. The van der Waals surface area contributed by atoms with Crippen molar-refractivity contribution >= 4 is 45.0 Å². The van der Waals surface area contributed by atoms with Gasteiger partial charge in [-0.2, -0.15) is 0 Å². The highest BCUT2D eigenvalue weighted by Gasteiger charge is 2.33. The van der Waals surface area contributed by atoms with Gasteiger partial charge in [0.1, 0.15) is 0 Å². The number of rotatable bonds is 10. The van der Waals surface area contributed by atoms with E-state index in [1.807, 2.05) is 59.2 Å². The Morgan fingerprint density at radius 3 is 1.88 bits per heavy atom. The van der Waals surface area contributed by atoms with E-state index in [-0.39, 0.29) is 29.5 Å². The minimum atomic E-state index is -0.885. The van der Waals surface area contributed by atoms with E-state index in [9.17, 15) is 24.3 Å². The van der Waals surface area contributed by atoms with Gasteiger partial charge in [-0.3, -0.25) is 14.0 Å². The van der Waals surface area contributed by atoms with Crippen LogP contribution in [0.3, 0.4) is 0 Å². The maximum atomic E-state index is 12.9. The second-order valence-corrected chi connectivity index (χ2v) is 15.9. The number of carbonyl (C=O) groups is 2. The van der Waals surface area contributed by atoms with Gasteiger partial charge in [-0.25, -0.2) is 19.2 Å². The predicted octanol–water partition coefficient (Wildman–Crippen LogP) is 8.29. The van der Waals surface area contributed by atoms with E-state index >= 15 is 0 Å². The zero-order chi connectivity index (χ0) is 41.6. The summed E-state index contributed by atoms with van der Waals surface area (Å²) in [6, 6.07) is 40.7. The van der Waals surface area contributed by atoms with Crippen molar-refractivity contribution in [3.63, 3.8) is 0 Å². The molecule has 2 aromatic heterocycles. The van der Waals surface area contributed by atoms with Crippen molar-refractivity contribution in [3.05, 3.63) is 153 Å². The predicted molar refractivity (Wildman–Crippen MR) is 234 cm³/mol. The third-order valence-electron chi connectivity index (χ3n) is 12.2. The summed E-state index contributed by atoms with van der Waals surface area (Å²) < 4.78 is 3.60. The van der Waals surface area contributed by atoms with Gasteiger partial charge in [-0.05, 0) is 91.2 Å². The number of likely N-dealkylation sites (tertiary alicyclic amines) is 2. The minimum Gasteiger partial charge on any atom is -0.465 e. The van der Waals surface area contributed by atoms with E-state index in [0.717, 1.165) is 54.5 Å². The lowest BCUT2D eigenvalue weighted by Crippen LogP contribution is -2.47. The fourth-order valence-electron chi connectivity index (χ4n) is 9.26. The summed E-state index contributed by atoms with van der Waals surface area (Å²) in [7, 11) is 0. The zero-order valence-corrected chi connectivity index (χ0v) is 33.5. The summed E-state index contributed by atoms with van der Waals surface area (Å²) in [6.45, 7) is 3.87. The van der Waals surface area contributed by atoms with E-state index < -0.39 is 12.2 Å². The van der Waals surface area contributed by atoms with Gasteiger partial charge in [-0.1, -0.05) is 97.1 Å². The standard InChI is InChI=1S/C34H36N4O3.C13H15N3O3/c39-33-35-31-17-6-7-18-32(31)38(33)29-19-21-37(34(40)41)28(22-29)15-9-20-36(23-25-10-2-1-3-11-25)24-27-14-8-13-26-12-4-5-16-30(26)27;17-12-14-10-3-1-2-4-11(10)16(12)9-5-7-15(8-6-9)13(18)19/h1-8,10-14,16-18,28-29H,9,15,19-24H2,(H,35,39)(H,40,41);1-4,9H,5-8H2,(H,14,17)(H,18,19)/t28-,29?;/m0./s1. The van der Waals surface area contributed by atoms with Crippen LogP contribution in [-0.2, 0) is 13.1 Å². The minimum absolute atomic E-state index is 0.0321. The van der Waals surface area contributed by atoms with Crippen LogP contribution >= 0.6 is 0 Å². The number of carboxylic acid groups (broad SMARTS) is 2. The monoisotopic (exact) mass is 809 g/mol. The molecule has 7 aromatic rings. The van der Waals surface area contributed by atoms with Gasteiger partial charge in [0.25, 0.3) is 0 Å². The summed E-state index contributed by atoms with van der Waals surface area (Å²) in [6.07, 6.45) is 2.47. The quantitative estimate of drug-likeness (QED) is 0.108. The fraction of sp³-hybridized carbons (Fsp3) is 0.319. The topological polar surface area (TPSA) is 160 Å². The highest BCUT2D eigenvalue weighted by atomic mass is 16.4. The highest BCUT2D eigenvalue weighted by Crippen LogP contribution is 2.31. The maximum Gasteiger partial charge on any atom is 0.407 e. The summed E-state index contributed by atoms with van der Waals surface area (Å²) in [4.78, 5) is 59.2. The molecule has 2 fully saturated rings. The van der Waals surface area contributed by atoms with Crippen molar-refractivity contribution in [2.24, 2.45) is 0 Å². The Morgan fingerprint density at radius 2 is 1.22 bits per heavy atom. The van der Waals surface area contributed by atoms with Crippen molar-refractivity contribution in [1.82, 2.24) is 33.8 Å². The number of benzene rings is 5. The molecule has 2 aliphatic heterocycles. The maximum absolute atomic E-state index is 12.9. The Morgan fingerprint density at radius 1 is 0.633 bits per heavy atom. The highest BCUT2D eigenvalue weighted by molar-refractivity contribution is 5.85. The van der Waals surface area contributed by atoms with Crippen molar-refractivity contribution in [2.75, 3.05) is 26.2 Å². The first kappa shape index (κ1) is 40.2. The lowest BCUT2D eigenvalue weighted by molar-refractivity contribution is 0.0853. The van der Waals surface area contributed by atoms with Crippen LogP contribution in [0.5, 0.6) is 0 Å². The van der Waals surface area contributed by atoms with Gasteiger partial charge in [0.15, 0.2) is 0 Å². The molecule has 4 N–H and O–H groups in total. The Labute approximate surface area is 347 Å². The van der Waals surface area contributed by atoms with Crippen LogP contribution < -0.4 is 11.4 Å². The molecule has 0 radical (unpaired) electrons. The number of fused-ring (bicyclic) bond motifs is 3. The fourth-order valence-corrected chi connectivity index (χ4v) is 9.26. The number of H-pyrrole nitrogens is 2. The number of nitrogens with zero attached hydrogens (tertiary/aromatic N) is 5. The summed E-state index contributed by atoms with van der Waals surface area (Å²) >= 11 is 0. The van der Waals surface area contributed by atoms with Crippen LogP contribution in [0.4, 0.5) is 9.59 Å². The number of amides is 2. The lowest BCUT2D eigenvalue weighted by Gasteiger charge is -2.38. The van der Waals surface area contributed by atoms with E-state index in [1.54, 1.807) is 9.47 Å². The number of hydrogen-bond acceptors (Lipinski definition) is 5. The molecule has 9 rings (SSSR count). The number of imidazole rings is 2. The number of nitrogens with one attached hydrogen (secondary N) is 2. The van der Waals surface area contributed by atoms with Gasteiger partial charge in [0.2, 0.25) is 0 Å². The Hall–Kier alpha value is -6.60. The molecule has 4 heterocycles. The van der Waals surface area contributed by atoms with Crippen LogP contribution in [0.25, 0.3) is 32.8 Å². The van der Waals surface area contributed by atoms with Crippen LogP contribution in [-0.4, -0.2) is 88.4 Å². The molecule has 60 heavy (non-hydrogen) atoms. The number of aromatic amines is 2. The van der Waals surface area contributed by atoms with Crippen molar-refractivity contribution < 1.29 is 19.8 Å².